The molecule has 9 nitrogen and oxygen atoms in total. The van der Waals surface area contributed by atoms with Crippen LogP contribution in [-0.4, -0.2) is 24.3 Å². The highest BCUT2D eigenvalue weighted by Crippen LogP contribution is 2.28. The molecule has 5 N–H and O–H groups in total. The molecule has 0 fully saturated rings. The SMILES string of the molecule is Cc1cccc2nc([C@H](C)Nc3ncnc(N)c3N)c(-c3ccccn3)c(=O)n12. The van der Waals surface area contributed by atoms with Crippen molar-refractivity contribution in [3.8, 4) is 11.3 Å². The van der Waals surface area contributed by atoms with Gasteiger partial charge in [-0.1, -0.05) is 12.1 Å². The Kier molecular flexibility index (Phi) is 4.55. The number of nitrogens with two attached hydrogens (primary N) is 2. The minimum absolute atomic E-state index is 0.182. The molecule has 0 unspecified atom stereocenters. The first-order chi connectivity index (χ1) is 14.0. The third-order valence-corrected chi connectivity index (χ3v) is 4.67. The molecule has 0 saturated carbocycles. The van der Waals surface area contributed by atoms with Crippen LogP contribution in [0.25, 0.3) is 16.9 Å². The zero-order valence-corrected chi connectivity index (χ0v) is 16.0. The number of aromatic nitrogens is 5. The number of hydrogen-bond acceptors (Lipinski definition) is 8. The van der Waals surface area contributed by atoms with Gasteiger partial charge < -0.3 is 16.8 Å². The number of hydrogen-bond donors (Lipinski definition) is 3. The van der Waals surface area contributed by atoms with Crippen LogP contribution in [0.1, 0.15) is 24.4 Å². The molecule has 146 valence electrons. The highest BCUT2D eigenvalue weighted by Gasteiger charge is 2.22. The Morgan fingerprint density at radius 2 is 1.90 bits per heavy atom. The van der Waals surface area contributed by atoms with Crippen LogP contribution >= 0.6 is 0 Å². The zero-order chi connectivity index (χ0) is 20.5. The Morgan fingerprint density at radius 1 is 1.07 bits per heavy atom. The summed E-state index contributed by atoms with van der Waals surface area (Å²) < 4.78 is 1.58. The Hall–Kier alpha value is -4.01. The smallest absolute Gasteiger partial charge is 0.267 e. The normalized spacial score (nSPS) is 12.1. The van der Waals surface area contributed by atoms with E-state index in [9.17, 15) is 4.79 Å². The summed E-state index contributed by atoms with van der Waals surface area (Å²) in [6.07, 6.45) is 2.97. The van der Waals surface area contributed by atoms with Crippen LogP contribution in [0.2, 0.25) is 0 Å². The molecule has 0 aliphatic rings. The number of aryl methyl sites for hydroxylation is 1. The number of rotatable bonds is 4. The first kappa shape index (κ1) is 18.4. The van der Waals surface area contributed by atoms with E-state index in [1.165, 1.54) is 6.33 Å². The lowest BCUT2D eigenvalue weighted by Crippen LogP contribution is -2.25. The lowest BCUT2D eigenvalue weighted by atomic mass is 10.1. The van der Waals surface area contributed by atoms with Gasteiger partial charge in [0.2, 0.25) is 0 Å². The van der Waals surface area contributed by atoms with Crippen LogP contribution in [-0.2, 0) is 0 Å². The highest BCUT2D eigenvalue weighted by atomic mass is 16.1. The average molecular weight is 388 g/mol. The van der Waals surface area contributed by atoms with Crippen LogP contribution in [0.15, 0.2) is 53.7 Å². The summed E-state index contributed by atoms with van der Waals surface area (Å²) in [5.74, 6) is 0.560. The Labute approximate surface area is 166 Å². The first-order valence-electron chi connectivity index (χ1n) is 9.03. The van der Waals surface area contributed by atoms with Gasteiger partial charge in [0.1, 0.15) is 17.7 Å². The van der Waals surface area contributed by atoms with Crippen molar-refractivity contribution in [3.63, 3.8) is 0 Å². The molecule has 0 bridgehead atoms. The van der Waals surface area contributed by atoms with Crippen LogP contribution in [0.5, 0.6) is 0 Å². The lowest BCUT2D eigenvalue weighted by Gasteiger charge is -2.19. The Balaban J connectivity index is 1.93. The van der Waals surface area contributed by atoms with Gasteiger partial charge in [-0.2, -0.15) is 0 Å². The van der Waals surface area contributed by atoms with Gasteiger partial charge in [-0.05, 0) is 38.1 Å². The fourth-order valence-corrected chi connectivity index (χ4v) is 3.22. The fourth-order valence-electron chi connectivity index (χ4n) is 3.22. The summed E-state index contributed by atoms with van der Waals surface area (Å²) in [7, 11) is 0. The molecule has 0 aliphatic heterocycles. The number of fused-ring (bicyclic) bond motifs is 1. The summed E-state index contributed by atoms with van der Waals surface area (Å²) in [5, 5.41) is 3.19. The van der Waals surface area contributed by atoms with Gasteiger partial charge in [-0.25, -0.2) is 15.0 Å². The van der Waals surface area contributed by atoms with Crippen molar-refractivity contribution in [2.45, 2.75) is 19.9 Å². The minimum atomic E-state index is -0.401. The van der Waals surface area contributed by atoms with Crippen molar-refractivity contribution in [2.75, 3.05) is 16.8 Å². The van der Waals surface area contributed by atoms with Crippen LogP contribution in [0.4, 0.5) is 17.3 Å². The maximum Gasteiger partial charge on any atom is 0.267 e. The number of nitrogen functional groups attached to an aromatic ring is 2. The summed E-state index contributed by atoms with van der Waals surface area (Å²) in [6.45, 7) is 3.74. The van der Waals surface area contributed by atoms with Gasteiger partial charge >= 0.3 is 0 Å². The number of anilines is 3. The molecule has 4 heterocycles. The molecule has 0 aromatic carbocycles. The Morgan fingerprint density at radius 3 is 2.66 bits per heavy atom. The standard InChI is InChI=1S/C20H20N8O/c1-11-6-5-8-14-27-17(12(2)26-19-16(21)18(22)24-10-25-19)15(20(29)28(11)14)13-7-3-4-9-23-13/h3-10,12H,21H2,1-2H3,(H3,22,24,25,26)/t12-/m0/s1. The van der Waals surface area contributed by atoms with E-state index in [2.05, 4.69) is 20.3 Å². The average Bonchev–Trinajstić information content (AvgIpc) is 2.71. The van der Waals surface area contributed by atoms with Crippen molar-refractivity contribution in [1.82, 2.24) is 24.3 Å². The fraction of sp³-hybridized carbons (Fsp3) is 0.150. The molecule has 0 spiro atoms. The van der Waals surface area contributed by atoms with Crippen LogP contribution in [0, 0.1) is 6.92 Å². The van der Waals surface area contributed by atoms with Crippen LogP contribution < -0.4 is 22.3 Å². The molecule has 0 aliphatic carbocycles. The largest absolute Gasteiger partial charge is 0.393 e. The van der Waals surface area contributed by atoms with Crippen molar-refractivity contribution >= 4 is 23.0 Å². The van der Waals surface area contributed by atoms with Gasteiger partial charge in [-0.3, -0.25) is 14.2 Å². The summed E-state index contributed by atoms with van der Waals surface area (Å²) in [4.78, 5) is 30.6. The van der Waals surface area contributed by atoms with E-state index >= 15 is 0 Å². The van der Waals surface area contributed by atoms with Gasteiger partial charge in [0.25, 0.3) is 5.56 Å². The Bertz CT molecular complexity index is 1250. The topological polar surface area (TPSA) is 137 Å². The predicted molar refractivity (Wildman–Crippen MR) is 112 cm³/mol. The summed E-state index contributed by atoms with van der Waals surface area (Å²) in [6, 6.07) is 10.5. The van der Waals surface area contributed by atoms with E-state index in [0.717, 1.165) is 5.69 Å². The van der Waals surface area contributed by atoms with E-state index in [-0.39, 0.29) is 17.1 Å². The minimum Gasteiger partial charge on any atom is -0.393 e. The van der Waals surface area contributed by atoms with Gasteiger partial charge in [0, 0.05) is 11.9 Å². The van der Waals surface area contributed by atoms with Crippen molar-refractivity contribution < 1.29 is 0 Å². The second-order valence-corrected chi connectivity index (χ2v) is 6.64. The molecule has 29 heavy (non-hydrogen) atoms. The molecule has 9 heteroatoms. The highest BCUT2D eigenvalue weighted by molar-refractivity contribution is 5.73. The third-order valence-electron chi connectivity index (χ3n) is 4.67. The molecular formula is C20H20N8O. The van der Waals surface area contributed by atoms with Crippen LogP contribution in [0.3, 0.4) is 0 Å². The zero-order valence-electron chi connectivity index (χ0n) is 16.0. The van der Waals surface area contributed by atoms with Crippen molar-refractivity contribution in [2.24, 2.45) is 0 Å². The number of nitrogens with one attached hydrogen (secondary N) is 1. The van der Waals surface area contributed by atoms with E-state index < -0.39 is 6.04 Å². The molecule has 1 atom stereocenters. The molecule has 0 saturated heterocycles. The van der Waals surface area contributed by atoms with E-state index in [1.54, 1.807) is 28.8 Å². The third kappa shape index (κ3) is 3.22. The number of nitrogens with zero attached hydrogens (tertiary/aromatic N) is 5. The van der Waals surface area contributed by atoms with E-state index in [4.69, 9.17) is 16.5 Å². The maximum absolute atomic E-state index is 13.4. The molecule has 0 radical (unpaired) electrons. The molecule has 4 aromatic rings. The second-order valence-electron chi connectivity index (χ2n) is 6.64. The predicted octanol–water partition coefficient (Wildman–Crippen LogP) is 2.19. The van der Waals surface area contributed by atoms with Gasteiger partial charge in [0.15, 0.2) is 11.6 Å². The molecule has 4 aromatic heterocycles. The van der Waals surface area contributed by atoms with Crippen molar-refractivity contribution in [1.29, 1.82) is 0 Å². The quantitative estimate of drug-likeness (QED) is 0.484. The first-order valence-corrected chi connectivity index (χ1v) is 9.03. The van der Waals surface area contributed by atoms with E-state index in [0.29, 0.717) is 28.4 Å². The molecule has 4 rings (SSSR count). The lowest BCUT2D eigenvalue weighted by molar-refractivity contribution is 0.819. The molecule has 0 amide bonds. The summed E-state index contributed by atoms with van der Waals surface area (Å²) >= 11 is 0. The van der Waals surface area contributed by atoms with Crippen molar-refractivity contribution in [3.05, 3.63) is 70.7 Å². The number of pyridine rings is 2. The summed E-state index contributed by atoms with van der Waals surface area (Å²) in [5.41, 5.74) is 14.7. The molecular weight excluding hydrogens is 368 g/mol. The van der Waals surface area contributed by atoms with E-state index in [1.807, 2.05) is 32.0 Å². The van der Waals surface area contributed by atoms with Gasteiger partial charge in [-0.15, -0.1) is 0 Å². The van der Waals surface area contributed by atoms with Gasteiger partial charge in [0.05, 0.1) is 23.0 Å². The second kappa shape index (κ2) is 7.19. The maximum atomic E-state index is 13.4. The monoisotopic (exact) mass is 388 g/mol.